The van der Waals surface area contributed by atoms with E-state index in [0.29, 0.717) is 6.42 Å². The minimum atomic E-state index is -0.567. The first-order valence-corrected chi connectivity index (χ1v) is 8.40. The monoisotopic (exact) mass is 317 g/mol. The second-order valence-corrected chi connectivity index (χ2v) is 7.19. The standard InChI is InChI=1S/C19H27NO3/c1-5-16(18(22)20-12-17(21)19(2,3)4)23-15-10-9-13-7-6-8-14(13)11-15/h9-11,16H,5-8,12H2,1-4H3,(H,20,22). The van der Waals surface area contributed by atoms with Crippen molar-refractivity contribution in [2.45, 2.75) is 59.5 Å². The quantitative estimate of drug-likeness (QED) is 0.877. The number of ether oxygens (including phenoxy) is 1. The van der Waals surface area contributed by atoms with Crippen molar-refractivity contribution in [3.63, 3.8) is 0 Å². The molecule has 1 unspecified atom stereocenters. The van der Waals surface area contributed by atoms with E-state index in [1.807, 2.05) is 39.8 Å². The highest BCUT2D eigenvalue weighted by molar-refractivity contribution is 5.90. The number of amides is 1. The maximum Gasteiger partial charge on any atom is 0.261 e. The van der Waals surface area contributed by atoms with Crippen LogP contribution in [-0.2, 0) is 22.4 Å². The van der Waals surface area contributed by atoms with Gasteiger partial charge < -0.3 is 10.1 Å². The van der Waals surface area contributed by atoms with E-state index in [0.717, 1.165) is 18.6 Å². The molecule has 0 bridgehead atoms. The predicted octanol–water partition coefficient (Wildman–Crippen LogP) is 3.06. The van der Waals surface area contributed by atoms with E-state index in [2.05, 4.69) is 11.4 Å². The van der Waals surface area contributed by atoms with E-state index in [1.54, 1.807) is 0 Å². The van der Waals surface area contributed by atoms with Gasteiger partial charge in [0.2, 0.25) is 0 Å². The normalized spacial score (nSPS) is 15.0. The molecule has 126 valence electrons. The zero-order chi connectivity index (χ0) is 17.0. The second-order valence-electron chi connectivity index (χ2n) is 7.19. The van der Waals surface area contributed by atoms with Gasteiger partial charge in [-0.3, -0.25) is 9.59 Å². The molecule has 1 aromatic rings. The number of Topliss-reactive ketones (excluding diaryl/α,β-unsaturated/α-hetero) is 1. The summed E-state index contributed by atoms with van der Waals surface area (Å²) in [5.41, 5.74) is 2.25. The summed E-state index contributed by atoms with van der Waals surface area (Å²) in [4.78, 5) is 24.2. The Kier molecular flexibility index (Phi) is 5.45. The van der Waals surface area contributed by atoms with E-state index in [4.69, 9.17) is 4.74 Å². The molecule has 1 amide bonds. The molecule has 0 saturated heterocycles. The largest absolute Gasteiger partial charge is 0.481 e. The summed E-state index contributed by atoms with van der Waals surface area (Å²) in [5.74, 6) is 0.513. The van der Waals surface area contributed by atoms with Crippen LogP contribution in [0.4, 0.5) is 0 Å². The van der Waals surface area contributed by atoms with Crippen molar-refractivity contribution in [1.29, 1.82) is 0 Å². The first-order chi connectivity index (χ1) is 10.8. The van der Waals surface area contributed by atoms with Crippen LogP contribution in [0.3, 0.4) is 0 Å². The molecule has 1 aliphatic carbocycles. The fourth-order valence-corrected chi connectivity index (χ4v) is 2.65. The summed E-state index contributed by atoms with van der Waals surface area (Å²) < 4.78 is 5.85. The molecule has 0 saturated carbocycles. The maximum absolute atomic E-state index is 12.3. The van der Waals surface area contributed by atoms with Gasteiger partial charge >= 0.3 is 0 Å². The Morgan fingerprint density at radius 1 is 1.22 bits per heavy atom. The molecule has 0 heterocycles. The molecule has 0 radical (unpaired) electrons. The van der Waals surface area contributed by atoms with Gasteiger partial charge in [-0.2, -0.15) is 0 Å². The van der Waals surface area contributed by atoms with Crippen LogP contribution in [0.2, 0.25) is 0 Å². The highest BCUT2D eigenvalue weighted by atomic mass is 16.5. The maximum atomic E-state index is 12.3. The molecule has 1 atom stereocenters. The molecule has 0 aliphatic heterocycles. The molecular formula is C19H27NO3. The number of ketones is 1. The number of fused-ring (bicyclic) bond motifs is 1. The van der Waals surface area contributed by atoms with Crippen LogP contribution in [0.1, 0.15) is 51.7 Å². The number of carbonyl (C=O) groups excluding carboxylic acids is 2. The van der Waals surface area contributed by atoms with Gasteiger partial charge in [-0.25, -0.2) is 0 Å². The molecular weight excluding hydrogens is 290 g/mol. The summed E-state index contributed by atoms with van der Waals surface area (Å²) in [5, 5.41) is 2.70. The third kappa shape index (κ3) is 4.57. The van der Waals surface area contributed by atoms with Crippen LogP contribution in [0.5, 0.6) is 5.75 Å². The van der Waals surface area contributed by atoms with Crippen LogP contribution in [-0.4, -0.2) is 24.3 Å². The number of hydrogen-bond acceptors (Lipinski definition) is 3. The number of aryl methyl sites for hydroxylation is 2. The lowest BCUT2D eigenvalue weighted by Gasteiger charge is -2.20. The second kappa shape index (κ2) is 7.16. The summed E-state index contributed by atoms with van der Waals surface area (Å²) >= 11 is 0. The van der Waals surface area contributed by atoms with Gasteiger partial charge in [0.05, 0.1) is 6.54 Å². The highest BCUT2D eigenvalue weighted by Crippen LogP contribution is 2.26. The number of rotatable bonds is 6. The average Bonchev–Trinajstić information content (AvgIpc) is 2.96. The van der Waals surface area contributed by atoms with Gasteiger partial charge in [0.25, 0.3) is 5.91 Å². The van der Waals surface area contributed by atoms with Crippen LogP contribution in [0, 0.1) is 5.41 Å². The number of hydrogen-bond donors (Lipinski definition) is 1. The predicted molar refractivity (Wildman–Crippen MR) is 90.6 cm³/mol. The molecule has 1 aromatic carbocycles. The minimum absolute atomic E-state index is 0.0123. The topological polar surface area (TPSA) is 55.4 Å². The molecule has 0 aromatic heterocycles. The Hall–Kier alpha value is -1.84. The Labute approximate surface area is 138 Å². The molecule has 4 nitrogen and oxygen atoms in total. The summed E-state index contributed by atoms with van der Waals surface area (Å²) in [7, 11) is 0. The van der Waals surface area contributed by atoms with Gasteiger partial charge in [0.15, 0.2) is 11.9 Å². The van der Waals surface area contributed by atoms with E-state index >= 15 is 0 Å². The summed E-state index contributed by atoms with van der Waals surface area (Å²) in [6.07, 6.45) is 3.39. The van der Waals surface area contributed by atoms with E-state index in [9.17, 15) is 9.59 Å². The zero-order valence-electron chi connectivity index (χ0n) is 14.6. The SMILES string of the molecule is CCC(Oc1ccc2c(c1)CCC2)C(=O)NCC(=O)C(C)(C)C. The molecule has 2 rings (SSSR count). The Balaban J connectivity index is 1.94. The van der Waals surface area contributed by atoms with E-state index in [1.165, 1.54) is 17.5 Å². The fraction of sp³-hybridized carbons (Fsp3) is 0.579. The van der Waals surface area contributed by atoms with Crippen molar-refractivity contribution in [1.82, 2.24) is 5.32 Å². The number of nitrogens with one attached hydrogen (secondary N) is 1. The van der Waals surface area contributed by atoms with Crippen molar-refractivity contribution < 1.29 is 14.3 Å². The van der Waals surface area contributed by atoms with Gasteiger partial charge in [0, 0.05) is 5.41 Å². The minimum Gasteiger partial charge on any atom is -0.481 e. The van der Waals surface area contributed by atoms with Crippen molar-refractivity contribution >= 4 is 11.7 Å². The van der Waals surface area contributed by atoms with Crippen LogP contribution in [0.15, 0.2) is 18.2 Å². The van der Waals surface area contributed by atoms with Gasteiger partial charge in [-0.15, -0.1) is 0 Å². The number of benzene rings is 1. The van der Waals surface area contributed by atoms with Crippen molar-refractivity contribution in [2.24, 2.45) is 5.41 Å². The van der Waals surface area contributed by atoms with Gasteiger partial charge in [-0.1, -0.05) is 33.8 Å². The van der Waals surface area contributed by atoms with Crippen molar-refractivity contribution in [3.8, 4) is 5.75 Å². The third-order valence-corrected chi connectivity index (χ3v) is 4.27. The Morgan fingerprint density at radius 3 is 2.57 bits per heavy atom. The van der Waals surface area contributed by atoms with Crippen molar-refractivity contribution in [3.05, 3.63) is 29.3 Å². The molecule has 0 fully saturated rings. The molecule has 1 N–H and O–H groups in total. The van der Waals surface area contributed by atoms with Crippen LogP contribution < -0.4 is 10.1 Å². The Bertz CT molecular complexity index is 587. The molecule has 4 heteroatoms. The highest BCUT2D eigenvalue weighted by Gasteiger charge is 2.24. The lowest BCUT2D eigenvalue weighted by Crippen LogP contribution is -2.42. The lowest BCUT2D eigenvalue weighted by atomic mass is 9.91. The summed E-state index contributed by atoms with van der Waals surface area (Å²) in [6.45, 7) is 7.50. The first-order valence-electron chi connectivity index (χ1n) is 8.40. The van der Waals surface area contributed by atoms with Crippen LogP contribution in [0.25, 0.3) is 0 Å². The third-order valence-electron chi connectivity index (χ3n) is 4.27. The zero-order valence-corrected chi connectivity index (χ0v) is 14.6. The molecule has 1 aliphatic rings. The van der Waals surface area contributed by atoms with Gasteiger partial charge in [-0.05, 0) is 48.9 Å². The van der Waals surface area contributed by atoms with Crippen LogP contribution >= 0.6 is 0 Å². The fourth-order valence-electron chi connectivity index (χ4n) is 2.65. The lowest BCUT2D eigenvalue weighted by molar-refractivity contribution is -0.132. The smallest absolute Gasteiger partial charge is 0.261 e. The summed E-state index contributed by atoms with van der Waals surface area (Å²) in [6, 6.07) is 6.06. The molecule has 23 heavy (non-hydrogen) atoms. The van der Waals surface area contributed by atoms with E-state index in [-0.39, 0.29) is 18.2 Å². The number of carbonyl (C=O) groups is 2. The average molecular weight is 317 g/mol. The van der Waals surface area contributed by atoms with Gasteiger partial charge in [0.1, 0.15) is 5.75 Å². The Morgan fingerprint density at radius 2 is 1.91 bits per heavy atom. The van der Waals surface area contributed by atoms with Crippen molar-refractivity contribution in [2.75, 3.05) is 6.54 Å². The first kappa shape index (κ1) is 17.5. The van der Waals surface area contributed by atoms with E-state index < -0.39 is 11.5 Å². The molecule has 0 spiro atoms.